The van der Waals surface area contributed by atoms with Gasteiger partial charge in [0.15, 0.2) is 0 Å². The molecule has 1 aliphatic carbocycles. The van der Waals surface area contributed by atoms with Gasteiger partial charge >= 0.3 is 6.36 Å². The molecule has 0 saturated heterocycles. The molecule has 0 heterocycles. The normalized spacial score (nSPS) is 23.7. The van der Waals surface area contributed by atoms with Gasteiger partial charge in [0.05, 0.1) is 5.38 Å². The molecule has 0 aromatic heterocycles. The van der Waals surface area contributed by atoms with Crippen LogP contribution in [0.15, 0.2) is 24.0 Å². The van der Waals surface area contributed by atoms with E-state index in [-0.39, 0.29) is 12.2 Å². The second-order valence-corrected chi connectivity index (χ2v) is 2.85. The molecule has 0 bridgehead atoms. The first-order valence-corrected chi connectivity index (χ1v) is 3.68. The minimum absolute atomic E-state index is 0.0809. The van der Waals surface area contributed by atoms with Crippen LogP contribution in [-0.2, 0) is 4.74 Å². The molecule has 0 fully saturated rings. The Bertz CT molecular complexity index is 219. The highest BCUT2D eigenvalue weighted by Gasteiger charge is 2.32. The van der Waals surface area contributed by atoms with E-state index in [9.17, 15) is 13.2 Å². The van der Waals surface area contributed by atoms with Gasteiger partial charge in [-0.1, -0.05) is 12.2 Å². The number of rotatable bonds is 1. The maximum Gasteiger partial charge on any atom is 0.572 e. The lowest BCUT2D eigenvalue weighted by molar-refractivity contribution is -0.306. The van der Waals surface area contributed by atoms with Gasteiger partial charge in [-0.15, -0.1) is 24.8 Å². The third-order valence-corrected chi connectivity index (χ3v) is 1.54. The predicted octanol–water partition coefficient (Wildman–Crippen LogP) is 2.97. The monoisotopic (exact) mass is 198 g/mol. The molecule has 0 aromatic rings. The second kappa shape index (κ2) is 3.39. The van der Waals surface area contributed by atoms with E-state index in [1.54, 1.807) is 6.08 Å². The molecular formula is C7H6ClF3O. The molecule has 1 nitrogen and oxygen atoms in total. The van der Waals surface area contributed by atoms with Crippen molar-refractivity contribution in [3.63, 3.8) is 0 Å². The van der Waals surface area contributed by atoms with Gasteiger partial charge in [0.25, 0.3) is 0 Å². The van der Waals surface area contributed by atoms with E-state index < -0.39 is 11.7 Å². The lowest BCUT2D eigenvalue weighted by Gasteiger charge is -2.15. The first kappa shape index (κ1) is 9.45. The van der Waals surface area contributed by atoms with E-state index in [0.29, 0.717) is 0 Å². The summed E-state index contributed by atoms with van der Waals surface area (Å²) in [4.78, 5) is 0. The van der Waals surface area contributed by atoms with Crippen molar-refractivity contribution >= 4 is 11.6 Å². The Hall–Kier alpha value is -0.640. The molecule has 1 unspecified atom stereocenters. The van der Waals surface area contributed by atoms with Crippen LogP contribution in [0.2, 0.25) is 0 Å². The van der Waals surface area contributed by atoms with Gasteiger partial charge in [-0.25, -0.2) is 0 Å². The van der Waals surface area contributed by atoms with E-state index in [4.69, 9.17) is 11.6 Å². The lowest BCUT2D eigenvalue weighted by Crippen LogP contribution is -2.15. The molecule has 1 rings (SSSR count). The van der Waals surface area contributed by atoms with Crippen molar-refractivity contribution < 1.29 is 17.9 Å². The van der Waals surface area contributed by atoms with Gasteiger partial charge in [0.2, 0.25) is 0 Å². The van der Waals surface area contributed by atoms with Crippen molar-refractivity contribution in [2.45, 2.75) is 18.2 Å². The SMILES string of the molecule is FC(F)(F)OC1=CC=CC(Cl)C1. The Morgan fingerprint density at radius 2 is 2.17 bits per heavy atom. The number of allylic oxidation sites excluding steroid dienone is 4. The summed E-state index contributed by atoms with van der Waals surface area (Å²) in [5.41, 5.74) is 0. The third kappa shape index (κ3) is 3.17. The quantitative estimate of drug-likeness (QED) is 0.589. The minimum atomic E-state index is -4.62. The van der Waals surface area contributed by atoms with Gasteiger partial charge in [0.1, 0.15) is 5.76 Å². The number of alkyl halides is 4. The summed E-state index contributed by atoms with van der Waals surface area (Å²) in [5, 5.41) is -0.410. The Kier molecular flexibility index (Phi) is 2.67. The van der Waals surface area contributed by atoms with Crippen LogP contribution >= 0.6 is 11.6 Å². The van der Waals surface area contributed by atoms with Crippen LogP contribution < -0.4 is 0 Å². The third-order valence-electron chi connectivity index (χ3n) is 1.25. The molecule has 0 spiro atoms. The van der Waals surface area contributed by atoms with Crippen LogP contribution in [0.25, 0.3) is 0 Å². The molecule has 0 aromatic carbocycles. The van der Waals surface area contributed by atoms with E-state index in [1.165, 1.54) is 12.2 Å². The molecule has 0 aliphatic heterocycles. The van der Waals surface area contributed by atoms with Crippen molar-refractivity contribution in [3.8, 4) is 0 Å². The topological polar surface area (TPSA) is 9.23 Å². The van der Waals surface area contributed by atoms with E-state index >= 15 is 0 Å². The molecule has 5 heteroatoms. The van der Waals surface area contributed by atoms with Crippen molar-refractivity contribution in [1.82, 2.24) is 0 Å². The van der Waals surface area contributed by atoms with Crippen molar-refractivity contribution in [2.24, 2.45) is 0 Å². The summed E-state index contributed by atoms with van der Waals surface area (Å²) in [7, 11) is 0. The van der Waals surface area contributed by atoms with Crippen molar-refractivity contribution in [3.05, 3.63) is 24.0 Å². The average Bonchev–Trinajstić information content (AvgIpc) is 1.82. The van der Waals surface area contributed by atoms with Gasteiger partial charge in [-0.3, -0.25) is 0 Å². The highest BCUT2D eigenvalue weighted by Crippen LogP contribution is 2.26. The summed E-state index contributed by atoms with van der Waals surface area (Å²) in [6.07, 6.45) is -0.232. The summed E-state index contributed by atoms with van der Waals surface area (Å²) >= 11 is 5.57. The minimum Gasteiger partial charge on any atom is -0.410 e. The first-order chi connectivity index (χ1) is 5.47. The van der Waals surface area contributed by atoms with E-state index in [2.05, 4.69) is 4.74 Å². The Morgan fingerprint density at radius 3 is 2.67 bits per heavy atom. The molecule has 1 atom stereocenters. The molecule has 0 radical (unpaired) electrons. The van der Waals surface area contributed by atoms with Crippen LogP contribution in [-0.4, -0.2) is 11.7 Å². The summed E-state index contributed by atoms with van der Waals surface area (Å²) < 4.78 is 38.6. The first-order valence-electron chi connectivity index (χ1n) is 3.24. The fourth-order valence-corrected chi connectivity index (χ4v) is 1.07. The largest absolute Gasteiger partial charge is 0.572 e. The van der Waals surface area contributed by atoms with Gasteiger partial charge in [0, 0.05) is 6.42 Å². The highest BCUT2D eigenvalue weighted by molar-refractivity contribution is 6.22. The average molecular weight is 199 g/mol. The summed E-state index contributed by atoms with van der Waals surface area (Å²) in [6.45, 7) is 0. The van der Waals surface area contributed by atoms with Crippen LogP contribution in [0.3, 0.4) is 0 Å². The van der Waals surface area contributed by atoms with E-state index in [1.807, 2.05) is 0 Å². The maximum absolute atomic E-state index is 11.6. The van der Waals surface area contributed by atoms with Gasteiger partial charge in [-0.05, 0) is 6.08 Å². The zero-order valence-electron chi connectivity index (χ0n) is 5.94. The van der Waals surface area contributed by atoms with Gasteiger partial charge < -0.3 is 4.74 Å². The molecule has 0 amide bonds. The van der Waals surface area contributed by atoms with Crippen molar-refractivity contribution in [1.29, 1.82) is 0 Å². The standard InChI is InChI=1S/C7H6ClF3O/c8-5-2-1-3-6(4-5)12-7(9,10)11/h1-3,5H,4H2. The maximum atomic E-state index is 11.6. The zero-order valence-corrected chi connectivity index (χ0v) is 6.69. The van der Waals surface area contributed by atoms with Crippen LogP contribution in [0.4, 0.5) is 13.2 Å². The van der Waals surface area contributed by atoms with Crippen LogP contribution in [0, 0.1) is 0 Å². The molecule has 1 aliphatic rings. The zero-order chi connectivity index (χ0) is 9.19. The lowest BCUT2D eigenvalue weighted by atomic mass is 10.1. The molecule has 68 valence electrons. The molecule has 12 heavy (non-hydrogen) atoms. The summed E-state index contributed by atoms with van der Waals surface area (Å²) in [6, 6.07) is 0. The Balaban J connectivity index is 2.54. The van der Waals surface area contributed by atoms with Crippen LogP contribution in [0.1, 0.15) is 6.42 Å². The van der Waals surface area contributed by atoms with E-state index in [0.717, 1.165) is 0 Å². The number of hydrogen-bond donors (Lipinski definition) is 0. The fraction of sp³-hybridized carbons (Fsp3) is 0.429. The Labute approximate surface area is 72.5 Å². The van der Waals surface area contributed by atoms with Crippen molar-refractivity contribution in [2.75, 3.05) is 0 Å². The Morgan fingerprint density at radius 1 is 1.50 bits per heavy atom. The number of ether oxygens (including phenoxy) is 1. The second-order valence-electron chi connectivity index (χ2n) is 2.29. The summed E-state index contributed by atoms with van der Waals surface area (Å²) in [5.74, 6) is -0.148. The molecule has 0 N–H and O–H groups in total. The molecular weight excluding hydrogens is 193 g/mol. The number of halogens is 4. The van der Waals surface area contributed by atoms with Gasteiger partial charge in [-0.2, -0.15) is 0 Å². The molecule has 0 saturated carbocycles. The highest BCUT2D eigenvalue weighted by atomic mass is 35.5. The predicted molar refractivity (Wildman–Crippen MR) is 38.6 cm³/mol. The number of hydrogen-bond acceptors (Lipinski definition) is 1. The van der Waals surface area contributed by atoms with Crippen LogP contribution in [0.5, 0.6) is 0 Å². The fourth-order valence-electron chi connectivity index (χ4n) is 0.836. The smallest absolute Gasteiger partial charge is 0.410 e.